The topological polar surface area (TPSA) is 44.5 Å². The highest BCUT2D eigenvalue weighted by Gasteiger charge is 2.12. The summed E-state index contributed by atoms with van der Waals surface area (Å²) in [5.74, 6) is 0.924. The summed E-state index contributed by atoms with van der Waals surface area (Å²) in [6.45, 7) is 0.312. The van der Waals surface area contributed by atoms with Gasteiger partial charge in [-0.15, -0.1) is 0 Å². The fourth-order valence-corrected chi connectivity index (χ4v) is 1.93. The van der Waals surface area contributed by atoms with Crippen molar-refractivity contribution in [2.24, 2.45) is 5.73 Å². The molecule has 0 heterocycles. The summed E-state index contributed by atoms with van der Waals surface area (Å²) in [5, 5.41) is 0. The van der Waals surface area contributed by atoms with E-state index in [0.29, 0.717) is 29.2 Å². The van der Waals surface area contributed by atoms with Gasteiger partial charge in [0.1, 0.15) is 17.3 Å². The van der Waals surface area contributed by atoms with Gasteiger partial charge in [-0.25, -0.2) is 4.39 Å². The first-order chi connectivity index (χ1) is 9.19. The number of hydrogen-bond acceptors (Lipinski definition) is 3. The lowest BCUT2D eigenvalue weighted by Crippen LogP contribution is -1.98. The minimum atomic E-state index is -0.325. The maximum Gasteiger partial charge on any atom is 0.131 e. The molecule has 0 bridgehead atoms. The first-order valence-electron chi connectivity index (χ1n) is 5.90. The first-order valence-corrected chi connectivity index (χ1v) is 5.90. The van der Waals surface area contributed by atoms with E-state index in [-0.39, 0.29) is 5.82 Å². The van der Waals surface area contributed by atoms with E-state index >= 15 is 0 Å². The molecule has 0 saturated carbocycles. The van der Waals surface area contributed by atoms with Gasteiger partial charge in [0.25, 0.3) is 0 Å². The van der Waals surface area contributed by atoms with Gasteiger partial charge >= 0.3 is 0 Å². The number of ether oxygens (including phenoxy) is 2. The summed E-state index contributed by atoms with van der Waals surface area (Å²) < 4.78 is 24.5. The monoisotopic (exact) mass is 261 g/mol. The van der Waals surface area contributed by atoms with E-state index in [9.17, 15) is 4.39 Å². The zero-order chi connectivity index (χ0) is 13.8. The van der Waals surface area contributed by atoms with Crippen LogP contribution in [0.4, 0.5) is 4.39 Å². The number of rotatable bonds is 4. The molecule has 0 saturated heterocycles. The molecule has 0 aromatic heterocycles. The van der Waals surface area contributed by atoms with Gasteiger partial charge in [-0.3, -0.25) is 0 Å². The molecule has 0 spiro atoms. The van der Waals surface area contributed by atoms with Crippen molar-refractivity contribution in [1.29, 1.82) is 0 Å². The van der Waals surface area contributed by atoms with Gasteiger partial charge in [-0.2, -0.15) is 0 Å². The van der Waals surface area contributed by atoms with Crippen molar-refractivity contribution in [3.05, 3.63) is 47.8 Å². The van der Waals surface area contributed by atoms with E-state index in [1.54, 1.807) is 44.6 Å². The Labute approximate surface area is 111 Å². The molecule has 0 fully saturated rings. The van der Waals surface area contributed by atoms with E-state index in [2.05, 4.69) is 0 Å². The minimum Gasteiger partial charge on any atom is -0.497 e. The molecule has 0 aliphatic rings. The van der Waals surface area contributed by atoms with Gasteiger partial charge in [-0.05, 0) is 29.8 Å². The molecule has 100 valence electrons. The van der Waals surface area contributed by atoms with Crippen molar-refractivity contribution in [2.45, 2.75) is 6.54 Å². The molecule has 19 heavy (non-hydrogen) atoms. The standard InChI is InChI=1S/C15H16FNO2/c1-18-11-4-6-15(19-2)13(8-11)12-5-3-10(9-17)7-14(12)16/h3-8H,9,17H2,1-2H3. The molecule has 2 rings (SSSR count). The third kappa shape index (κ3) is 2.69. The van der Waals surface area contributed by atoms with E-state index in [1.807, 2.05) is 0 Å². The third-order valence-corrected chi connectivity index (χ3v) is 2.97. The van der Waals surface area contributed by atoms with Crippen LogP contribution in [0.5, 0.6) is 11.5 Å². The van der Waals surface area contributed by atoms with Crippen LogP contribution in [-0.2, 0) is 6.54 Å². The fourth-order valence-electron chi connectivity index (χ4n) is 1.93. The Hall–Kier alpha value is -2.07. The maximum atomic E-state index is 14.1. The van der Waals surface area contributed by atoms with Crippen molar-refractivity contribution >= 4 is 0 Å². The predicted molar refractivity (Wildman–Crippen MR) is 72.8 cm³/mol. The van der Waals surface area contributed by atoms with Crippen LogP contribution >= 0.6 is 0 Å². The molecular formula is C15H16FNO2. The van der Waals surface area contributed by atoms with E-state index < -0.39 is 0 Å². The highest BCUT2D eigenvalue weighted by Crippen LogP contribution is 2.35. The van der Waals surface area contributed by atoms with Gasteiger partial charge in [0, 0.05) is 17.7 Å². The second-order valence-corrected chi connectivity index (χ2v) is 4.08. The zero-order valence-electron chi connectivity index (χ0n) is 10.9. The molecule has 2 N–H and O–H groups in total. The second kappa shape index (κ2) is 5.71. The number of benzene rings is 2. The van der Waals surface area contributed by atoms with E-state index in [0.717, 1.165) is 5.56 Å². The van der Waals surface area contributed by atoms with Gasteiger partial charge in [0.15, 0.2) is 0 Å². The number of hydrogen-bond donors (Lipinski definition) is 1. The van der Waals surface area contributed by atoms with Gasteiger partial charge < -0.3 is 15.2 Å². The fraction of sp³-hybridized carbons (Fsp3) is 0.200. The van der Waals surface area contributed by atoms with Gasteiger partial charge in [0.2, 0.25) is 0 Å². The minimum absolute atomic E-state index is 0.312. The molecule has 2 aromatic rings. The van der Waals surface area contributed by atoms with Crippen molar-refractivity contribution in [1.82, 2.24) is 0 Å². The molecule has 0 aliphatic heterocycles. The Bertz CT molecular complexity index is 584. The van der Waals surface area contributed by atoms with Crippen LogP contribution in [0.2, 0.25) is 0 Å². The van der Waals surface area contributed by atoms with Crippen molar-refractivity contribution in [3.8, 4) is 22.6 Å². The first kappa shape index (κ1) is 13.4. The SMILES string of the molecule is COc1ccc(OC)c(-c2ccc(CN)cc2F)c1. The summed E-state index contributed by atoms with van der Waals surface area (Å²) in [5.41, 5.74) is 7.37. The zero-order valence-corrected chi connectivity index (χ0v) is 10.9. The molecule has 4 heteroatoms. The van der Waals surface area contributed by atoms with Crippen LogP contribution in [0.1, 0.15) is 5.56 Å². The highest BCUT2D eigenvalue weighted by atomic mass is 19.1. The smallest absolute Gasteiger partial charge is 0.131 e. The summed E-state index contributed by atoms with van der Waals surface area (Å²) in [6.07, 6.45) is 0. The second-order valence-electron chi connectivity index (χ2n) is 4.08. The van der Waals surface area contributed by atoms with Crippen LogP contribution in [0.3, 0.4) is 0 Å². The van der Waals surface area contributed by atoms with Crippen molar-refractivity contribution in [2.75, 3.05) is 14.2 Å². The van der Waals surface area contributed by atoms with Crippen LogP contribution in [0, 0.1) is 5.82 Å². The molecule has 0 amide bonds. The van der Waals surface area contributed by atoms with Crippen LogP contribution < -0.4 is 15.2 Å². The van der Waals surface area contributed by atoms with Crippen LogP contribution in [0.15, 0.2) is 36.4 Å². The van der Waals surface area contributed by atoms with E-state index in [4.69, 9.17) is 15.2 Å². The Morgan fingerprint density at radius 2 is 1.79 bits per heavy atom. The Morgan fingerprint density at radius 3 is 2.37 bits per heavy atom. The Kier molecular flexibility index (Phi) is 4.02. The highest BCUT2D eigenvalue weighted by molar-refractivity contribution is 5.72. The molecular weight excluding hydrogens is 245 g/mol. The van der Waals surface area contributed by atoms with Crippen molar-refractivity contribution < 1.29 is 13.9 Å². The summed E-state index contributed by atoms with van der Waals surface area (Å²) >= 11 is 0. The molecule has 0 unspecified atom stereocenters. The number of nitrogens with two attached hydrogens (primary N) is 1. The van der Waals surface area contributed by atoms with Crippen LogP contribution in [-0.4, -0.2) is 14.2 Å². The Morgan fingerprint density at radius 1 is 1.00 bits per heavy atom. The summed E-state index contributed by atoms with van der Waals surface area (Å²) in [7, 11) is 3.12. The number of methoxy groups -OCH3 is 2. The quantitative estimate of drug-likeness (QED) is 0.920. The Balaban J connectivity index is 2.56. The van der Waals surface area contributed by atoms with Gasteiger partial charge in [0.05, 0.1) is 14.2 Å². The maximum absolute atomic E-state index is 14.1. The summed E-state index contributed by atoms with van der Waals surface area (Å²) in [4.78, 5) is 0. The lowest BCUT2D eigenvalue weighted by molar-refractivity contribution is 0.404. The lowest BCUT2D eigenvalue weighted by Gasteiger charge is -2.12. The normalized spacial score (nSPS) is 10.3. The molecule has 0 aliphatic carbocycles. The average molecular weight is 261 g/mol. The largest absolute Gasteiger partial charge is 0.497 e. The summed E-state index contributed by atoms with van der Waals surface area (Å²) in [6, 6.07) is 10.2. The molecule has 3 nitrogen and oxygen atoms in total. The average Bonchev–Trinajstić information content (AvgIpc) is 2.46. The molecule has 2 aromatic carbocycles. The lowest BCUT2D eigenvalue weighted by atomic mass is 10.0. The van der Waals surface area contributed by atoms with Crippen LogP contribution in [0.25, 0.3) is 11.1 Å². The van der Waals surface area contributed by atoms with E-state index in [1.165, 1.54) is 6.07 Å². The predicted octanol–water partition coefficient (Wildman–Crippen LogP) is 2.97. The molecule has 0 radical (unpaired) electrons. The molecule has 0 atom stereocenters. The van der Waals surface area contributed by atoms with Crippen molar-refractivity contribution in [3.63, 3.8) is 0 Å². The van der Waals surface area contributed by atoms with Gasteiger partial charge in [-0.1, -0.05) is 12.1 Å². The third-order valence-electron chi connectivity index (χ3n) is 2.97. The number of halogens is 1.